The average Bonchev–Trinajstić information content (AvgIpc) is 2.55. The second-order valence-corrected chi connectivity index (χ2v) is 5.51. The number of benzene rings is 2. The fraction of sp³-hybridized carbons (Fsp3) is 0.111. The van der Waals surface area contributed by atoms with E-state index in [1.807, 2.05) is 0 Å². The van der Waals surface area contributed by atoms with Crippen LogP contribution < -0.4 is 10.4 Å². The molecular formula is C18H13ClO4. The van der Waals surface area contributed by atoms with Gasteiger partial charge in [0, 0.05) is 16.8 Å². The number of ether oxygens (including phenoxy) is 1. The van der Waals surface area contributed by atoms with Crippen LogP contribution in [0.25, 0.3) is 11.0 Å². The Morgan fingerprint density at radius 3 is 2.57 bits per heavy atom. The van der Waals surface area contributed by atoms with Crippen molar-refractivity contribution in [3.63, 3.8) is 0 Å². The van der Waals surface area contributed by atoms with Crippen LogP contribution in [0.15, 0.2) is 57.7 Å². The highest BCUT2D eigenvalue weighted by atomic mass is 35.5. The SMILES string of the molecule is COc1ccc(CC(=O)c2cc3cc(Cl)ccc3oc2=O)cc1. The predicted octanol–water partition coefficient (Wildman–Crippen LogP) is 3.88. The molecule has 2 aromatic carbocycles. The van der Waals surface area contributed by atoms with Crippen LogP contribution >= 0.6 is 11.6 Å². The topological polar surface area (TPSA) is 56.5 Å². The lowest BCUT2D eigenvalue weighted by atomic mass is 10.0. The summed E-state index contributed by atoms with van der Waals surface area (Å²) < 4.78 is 10.3. The van der Waals surface area contributed by atoms with E-state index in [4.69, 9.17) is 20.8 Å². The van der Waals surface area contributed by atoms with E-state index in [0.717, 1.165) is 5.56 Å². The monoisotopic (exact) mass is 328 g/mol. The van der Waals surface area contributed by atoms with Gasteiger partial charge in [-0.2, -0.15) is 0 Å². The number of carbonyl (C=O) groups excluding carboxylic acids is 1. The third-order valence-electron chi connectivity index (χ3n) is 3.52. The van der Waals surface area contributed by atoms with Gasteiger partial charge in [-0.3, -0.25) is 4.79 Å². The first-order valence-corrected chi connectivity index (χ1v) is 7.34. The molecule has 5 heteroatoms. The number of hydrogen-bond acceptors (Lipinski definition) is 4. The molecule has 0 radical (unpaired) electrons. The van der Waals surface area contributed by atoms with Gasteiger partial charge in [0.05, 0.1) is 7.11 Å². The van der Waals surface area contributed by atoms with Crippen molar-refractivity contribution in [1.29, 1.82) is 0 Å². The van der Waals surface area contributed by atoms with Gasteiger partial charge >= 0.3 is 5.63 Å². The van der Waals surface area contributed by atoms with Crippen LogP contribution in [0.4, 0.5) is 0 Å². The first-order chi connectivity index (χ1) is 11.1. The number of Topliss-reactive ketones (excluding diaryl/α,β-unsaturated/α-hetero) is 1. The van der Waals surface area contributed by atoms with Gasteiger partial charge in [0.2, 0.25) is 0 Å². The van der Waals surface area contributed by atoms with Crippen molar-refractivity contribution in [2.24, 2.45) is 0 Å². The smallest absolute Gasteiger partial charge is 0.347 e. The van der Waals surface area contributed by atoms with Crippen LogP contribution in [0.3, 0.4) is 0 Å². The van der Waals surface area contributed by atoms with E-state index >= 15 is 0 Å². The van der Waals surface area contributed by atoms with Crippen LogP contribution in [0.5, 0.6) is 5.75 Å². The zero-order valence-corrected chi connectivity index (χ0v) is 13.1. The number of rotatable bonds is 4. The molecule has 0 bridgehead atoms. The van der Waals surface area contributed by atoms with Crippen molar-refractivity contribution in [2.45, 2.75) is 6.42 Å². The molecule has 0 atom stereocenters. The van der Waals surface area contributed by atoms with E-state index in [1.54, 1.807) is 49.6 Å². The number of fused-ring (bicyclic) bond motifs is 1. The predicted molar refractivity (Wildman–Crippen MR) is 88.5 cm³/mol. The standard InChI is InChI=1S/C18H13ClO4/c1-22-14-5-2-11(3-6-14)8-16(20)15-10-12-9-13(19)4-7-17(12)23-18(15)21/h2-7,9-10H,8H2,1H3. The lowest BCUT2D eigenvalue weighted by Gasteiger charge is -2.04. The highest BCUT2D eigenvalue weighted by Gasteiger charge is 2.14. The number of carbonyl (C=O) groups is 1. The molecule has 0 N–H and O–H groups in total. The zero-order chi connectivity index (χ0) is 16.4. The van der Waals surface area contributed by atoms with E-state index in [0.29, 0.717) is 21.7 Å². The van der Waals surface area contributed by atoms with E-state index < -0.39 is 5.63 Å². The normalized spacial score (nSPS) is 10.7. The van der Waals surface area contributed by atoms with Crippen LogP contribution in [-0.4, -0.2) is 12.9 Å². The number of methoxy groups -OCH3 is 1. The van der Waals surface area contributed by atoms with Crippen molar-refractivity contribution >= 4 is 28.4 Å². The Morgan fingerprint density at radius 2 is 1.87 bits per heavy atom. The molecule has 0 saturated heterocycles. The van der Waals surface area contributed by atoms with E-state index in [9.17, 15) is 9.59 Å². The largest absolute Gasteiger partial charge is 0.497 e. The fourth-order valence-corrected chi connectivity index (χ4v) is 2.49. The van der Waals surface area contributed by atoms with Gasteiger partial charge < -0.3 is 9.15 Å². The van der Waals surface area contributed by atoms with E-state index in [-0.39, 0.29) is 17.8 Å². The van der Waals surface area contributed by atoms with Crippen molar-refractivity contribution in [3.8, 4) is 5.75 Å². The quantitative estimate of drug-likeness (QED) is 0.538. The maximum Gasteiger partial charge on any atom is 0.347 e. The first-order valence-electron chi connectivity index (χ1n) is 6.96. The molecule has 1 heterocycles. The Bertz CT molecular complexity index is 926. The van der Waals surface area contributed by atoms with Crippen LogP contribution in [0.2, 0.25) is 5.02 Å². The second-order valence-electron chi connectivity index (χ2n) is 5.08. The van der Waals surface area contributed by atoms with Gasteiger partial charge in [0.1, 0.15) is 16.9 Å². The minimum Gasteiger partial charge on any atom is -0.497 e. The molecule has 116 valence electrons. The van der Waals surface area contributed by atoms with Gasteiger partial charge in [-0.25, -0.2) is 4.79 Å². The van der Waals surface area contributed by atoms with Gasteiger partial charge in [-0.05, 0) is 42.0 Å². The first kappa shape index (κ1) is 15.3. The van der Waals surface area contributed by atoms with Crippen LogP contribution in [0, 0.1) is 0 Å². The molecule has 0 amide bonds. The summed E-state index contributed by atoms with van der Waals surface area (Å²) in [5, 5.41) is 1.13. The number of hydrogen-bond donors (Lipinski definition) is 0. The Hall–Kier alpha value is -2.59. The van der Waals surface area contributed by atoms with Crippen molar-refractivity contribution in [2.75, 3.05) is 7.11 Å². The van der Waals surface area contributed by atoms with E-state index in [2.05, 4.69) is 0 Å². The number of ketones is 1. The van der Waals surface area contributed by atoms with Crippen molar-refractivity contribution in [3.05, 3.63) is 75.1 Å². The summed E-state index contributed by atoms with van der Waals surface area (Å²) >= 11 is 5.93. The summed E-state index contributed by atoms with van der Waals surface area (Å²) in [4.78, 5) is 24.4. The number of halogens is 1. The highest BCUT2D eigenvalue weighted by Crippen LogP contribution is 2.20. The average molecular weight is 329 g/mol. The van der Waals surface area contributed by atoms with Gasteiger partial charge in [0.15, 0.2) is 5.78 Å². The maximum atomic E-state index is 12.4. The summed E-state index contributed by atoms with van der Waals surface area (Å²) in [5.41, 5.74) is 0.579. The summed E-state index contributed by atoms with van der Waals surface area (Å²) in [6.07, 6.45) is 0.112. The molecular weight excluding hydrogens is 316 g/mol. The van der Waals surface area contributed by atoms with Gasteiger partial charge in [-0.15, -0.1) is 0 Å². The minimum absolute atomic E-state index is 0.0237. The minimum atomic E-state index is -0.640. The van der Waals surface area contributed by atoms with Crippen molar-refractivity contribution < 1.29 is 13.9 Å². The molecule has 4 nitrogen and oxygen atoms in total. The third-order valence-corrected chi connectivity index (χ3v) is 3.75. The molecule has 23 heavy (non-hydrogen) atoms. The summed E-state index contributed by atoms with van der Waals surface area (Å²) in [6.45, 7) is 0. The van der Waals surface area contributed by atoms with Gasteiger partial charge in [0.25, 0.3) is 0 Å². The highest BCUT2D eigenvalue weighted by molar-refractivity contribution is 6.31. The molecule has 1 aromatic heterocycles. The molecule has 0 saturated carbocycles. The third kappa shape index (κ3) is 3.27. The Labute approximate surface area is 137 Å². The fourth-order valence-electron chi connectivity index (χ4n) is 2.31. The maximum absolute atomic E-state index is 12.4. The summed E-state index contributed by atoms with van der Waals surface area (Å²) in [6, 6.07) is 13.5. The molecule has 0 aliphatic heterocycles. The lowest BCUT2D eigenvalue weighted by Crippen LogP contribution is -2.15. The molecule has 0 aliphatic rings. The Kier molecular flexibility index (Phi) is 4.17. The second kappa shape index (κ2) is 6.26. The molecule has 3 rings (SSSR count). The summed E-state index contributed by atoms with van der Waals surface area (Å²) in [7, 11) is 1.57. The van der Waals surface area contributed by atoms with Gasteiger partial charge in [-0.1, -0.05) is 23.7 Å². The van der Waals surface area contributed by atoms with E-state index in [1.165, 1.54) is 6.07 Å². The molecule has 0 spiro atoms. The van der Waals surface area contributed by atoms with Crippen LogP contribution in [0.1, 0.15) is 15.9 Å². The summed E-state index contributed by atoms with van der Waals surface area (Å²) in [5.74, 6) is 0.409. The Morgan fingerprint density at radius 1 is 1.13 bits per heavy atom. The Balaban J connectivity index is 1.93. The molecule has 0 aliphatic carbocycles. The molecule has 0 unspecified atom stereocenters. The zero-order valence-electron chi connectivity index (χ0n) is 12.3. The lowest BCUT2D eigenvalue weighted by molar-refractivity contribution is 0.0989. The van der Waals surface area contributed by atoms with Crippen LogP contribution in [-0.2, 0) is 6.42 Å². The molecule has 0 fully saturated rings. The van der Waals surface area contributed by atoms with Crippen molar-refractivity contribution in [1.82, 2.24) is 0 Å². The molecule has 3 aromatic rings.